The number of hydrogen-bond donors (Lipinski definition) is 0. The van der Waals surface area contributed by atoms with Crippen LogP contribution in [-0.4, -0.2) is 61.0 Å². The van der Waals surface area contributed by atoms with Crippen LogP contribution in [0.5, 0.6) is 0 Å². The van der Waals surface area contributed by atoms with Crippen LogP contribution in [0.25, 0.3) is 0 Å². The lowest BCUT2D eigenvalue weighted by Crippen LogP contribution is -2.36. The van der Waals surface area contributed by atoms with Crippen LogP contribution in [0, 0.1) is 0 Å². The molecule has 0 bridgehead atoms. The van der Waals surface area contributed by atoms with Crippen molar-refractivity contribution in [3.8, 4) is 0 Å². The molecule has 1 aromatic rings. The zero-order valence-electron chi connectivity index (χ0n) is 13.7. The number of benzene rings is 1. The van der Waals surface area contributed by atoms with Gasteiger partial charge in [-0.2, -0.15) is 0 Å². The molecule has 0 spiro atoms. The van der Waals surface area contributed by atoms with Gasteiger partial charge in [-0.3, -0.25) is 14.5 Å². The molecule has 5 nitrogen and oxygen atoms in total. The van der Waals surface area contributed by atoms with E-state index in [9.17, 15) is 9.59 Å². The van der Waals surface area contributed by atoms with Crippen LogP contribution in [0.15, 0.2) is 24.3 Å². The Hall–Kier alpha value is -1.72. The van der Waals surface area contributed by atoms with Crippen molar-refractivity contribution >= 4 is 11.8 Å². The Labute approximate surface area is 137 Å². The van der Waals surface area contributed by atoms with Crippen molar-refractivity contribution in [3.63, 3.8) is 0 Å². The smallest absolute Gasteiger partial charge is 0.261 e. The SMILES string of the molecule is CN(CCCN1C(=O)c2ccccc2C1=O)CC1CCCCO1. The van der Waals surface area contributed by atoms with E-state index in [2.05, 4.69) is 11.9 Å². The number of imide groups is 1. The average molecular weight is 316 g/mol. The summed E-state index contributed by atoms with van der Waals surface area (Å²) in [5.41, 5.74) is 1.06. The van der Waals surface area contributed by atoms with E-state index in [1.54, 1.807) is 24.3 Å². The summed E-state index contributed by atoms with van der Waals surface area (Å²) < 4.78 is 5.74. The van der Waals surface area contributed by atoms with Gasteiger partial charge >= 0.3 is 0 Å². The van der Waals surface area contributed by atoms with E-state index in [-0.39, 0.29) is 11.8 Å². The molecule has 5 heteroatoms. The molecule has 0 aromatic heterocycles. The van der Waals surface area contributed by atoms with Crippen molar-refractivity contribution in [2.45, 2.75) is 31.8 Å². The molecule has 0 N–H and O–H groups in total. The molecule has 3 rings (SSSR count). The first-order chi connectivity index (χ1) is 11.2. The van der Waals surface area contributed by atoms with Gasteiger partial charge < -0.3 is 9.64 Å². The highest BCUT2D eigenvalue weighted by Crippen LogP contribution is 2.22. The summed E-state index contributed by atoms with van der Waals surface area (Å²) in [5.74, 6) is -0.326. The Kier molecular flexibility index (Phi) is 5.08. The third-order valence-electron chi connectivity index (χ3n) is 4.59. The van der Waals surface area contributed by atoms with Crippen LogP contribution in [0.2, 0.25) is 0 Å². The fourth-order valence-electron chi connectivity index (χ4n) is 3.33. The van der Waals surface area contributed by atoms with Crippen molar-refractivity contribution in [1.29, 1.82) is 0 Å². The highest BCUT2D eigenvalue weighted by atomic mass is 16.5. The molecular weight excluding hydrogens is 292 g/mol. The van der Waals surface area contributed by atoms with Gasteiger partial charge in [0.15, 0.2) is 0 Å². The Morgan fingerprint density at radius 3 is 2.48 bits per heavy atom. The molecule has 23 heavy (non-hydrogen) atoms. The predicted octanol–water partition coefficient (Wildman–Crippen LogP) is 2.17. The molecule has 124 valence electrons. The minimum atomic E-state index is -0.163. The number of rotatable bonds is 6. The largest absolute Gasteiger partial charge is 0.377 e. The van der Waals surface area contributed by atoms with Gasteiger partial charge in [0.05, 0.1) is 17.2 Å². The maximum absolute atomic E-state index is 12.3. The van der Waals surface area contributed by atoms with Gasteiger partial charge in [0.2, 0.25) is 0 Å². The van der Waals surface area contributed by atoms with E-state index < -0.39 is 0 Å². The number of hydrogen-bond acceptors (Lipinski definition) is 4. The number of ether oxygens (including phenoxy) is 1. The second-order valence-corrected chi connectivity index (χ2v) is 6.41. The van der Waals surface area contributed by atoms with Crippen molar-refractivity contribution in [2.24, 2.45) is 0 Å². The number of nitrogens with zero attached hydrogens (tertiary/aromatic N) is 2. The Bertz CT molecular complexity index is 546. The molecule has 0 aliphatic carbocycles. The topological polar surface area (TPSA) is 49.9 Å². The maximum Gasteiger partial charge on any atom is 0.261 e. The van der Waals surface area contributed by atoms with Gasteiger partial charge in [-0.1, -0.05) is 12.1 Å². The molecular formula is C18H24N2O3. The first kappa shape index (κ1) is 16.1. The quantitative estimate of drug-likeness (QED) is 0.755. The first-order valence-corrected chi connectivity index (χ1v) is 8.42. The molecule has 1 fully saturated rings. The van der Waals surface area contributed by atoms with E-state index in [1.807, 2.05) is 0 Å². The molecule has 1 unspecified atom stereocenters. The molecule has 0 saturated carbocycles. The standard InChI is InChI=1S/C18H24N2O3/c1-19(13-14-7-4-5-12-23-14)10-6-11-20-17(21)15-8-2-3-9-16(15)18(20)22/h2-3,8-9,14H,4-7,10-13H2,1H3. The minimum absolute atomic E-state index is 0.163. The Morgan fingerprint density at radius 1 is 1.17 bits per heavy atom. The zero-order chi connectivity index (χ0) is 16.2. The Balaban J connectivity index is 1.46. The molecule has 2 amide bonds. The van der Waals surface area contributed by atoms with E-state index >= 15 is 0 Å². The summed E-state index contributed by atoms with van der Waals surface area (Å²) in [7, 11) is 2.07. The summed E-state index contributed by atoms with van der Waals surface area (Å²) >= 11 is 0. The minimum Gasteiger partial charge on any atom is -0.377 e. The van der Waals surface area contributed by atoms with Crippen LogP contribution in [0.1, 0.15) is 46.4 Å². The van der Waals surface area contributed by atoms with Gasteiger partial charge in [-0.05, 0) is 51.4 Å². The van der Waals surface area contributed by atoms with Gasteiger partial charge in [0.1, 0.15) is 0 Å². The maximum atomic E-state index is 12.3. The average Bonchev–Trinajstić information content (AvgIpc) is 2.81. The fourth-order valence-corrected chi connectivity index (χ4v) is 3.33. The van der Waals surface area contributed by atoms with Crippen LogP contribution in [-0.2, 0) is 4.74 Å². The molecule has 2 aliphatic rings. The summed E-state index contributed by atoms with van der Waals surface area (Å²) in [6.45, 7) is 3.12. The zero-order valence-corrected chi connectivity index (χ0v) is 13.7. The second kappa shape index (κ2) is 7.23. The third-order valence-corrected chi connectivity index (χ3v) is 4.59. The number of carbonyl (C=O) groups is 2. The molecule has 1 atom stereocenters. The van der Waals surface area contributed by atoms with Crippen LogP contribution in [0.4, 0.5) is 0 Å². The molecule has 2 heterocycles. The van der Waals surface area contributed by atoms with Gasteiger partial charge in [0, 0.05) is 19.7 Å². The number of carbonyl (C=O) groups excluding carboxylic acids is 2. The molecule has 1 aromatic carbocycles. The molecule has 2 aliphatic heterocycles. The van der Waals surface area contributed by atoms with Crippen LogP contribution in [0.3, 0.4) is 0 Å². The van der Waals surface area contributed by atoms with Crippen LogP contribution < -0.4 is 0 Å². The van der Waals surface area contributed by atoms with Crippen LogP contribution >= 0.6 is 0 Å². The summed E-state index contributed by atoms with van der Waals surface area (Å²) in [4.78, 5) is 28.1. The normalized spacial score (nSPS) is 21.1. The van der Waals surface area contributed by atoms with E-state index in [4.69, 9.17) is 4.74 Å². The number of likely N-dealkylation sites (N-methyl/N-ethyl adjacent to an activating group) is 1. The van der Waals surface area contributed by atoms with Gasteiger partial charge in [-0.15, -0.1) is 0 Å². The summed E-state index contributed by atoms with van der Waals surface area (Å²) in [6.07, 6.45) is 4.65. The lowest BCUT2D eigenvalue weighted by Gasteiger charge is -2.27. The number of amides is 2. The second-order valence-electron chi connectivity index (χ2n) is 6.41. The number of fused-ring (bicyclic) bond motifs is 1. The summed E-state index contributed by atoms with van der Waals surface area (Å²) in [6, 6.07) is 7.04. The lowest BCUT2D eigenvalue weighted by atomic mass is 10.1. The molecule has 1 saturated heterocycles. The first-order valence-electron chi connectivity index (χ1n) is 8.42. The van der Waals surface area contributed by atoms with Gasteiger partial charge in [-0.25, -0.2) is 0 Å². The van der Waals surface area contributed by atoms with Gasteiger partial charge in [0.25, 0.3) is 11.8 Å². The lowest BCUT2D eigenvalue weighted by molar-refractivity contribution is -0.00180. The highest BCUT2D eigenvalue weighted by Gasteiger charge is 2.34. The predicted molar refractivity (Wildman–Crippen MR) is 87.5 cm³/mol. The molecule has 0 radical (unpaired) electrons. The van der Waals surface area contributed by atoms with Crippen molar-refractivity contribution < 1.29 is 14.3 Å². The van der Waals surface area contributed by atoms with Crippen molar-refractivity contribution in [3.05, 3.63) is 35.4 Å². The Morgan fingerprint density at radius 2 is 1.87 bits per heavy atom. The monoisotopic (exact) mass is 316 g/mol. The van der Waals surface area contributed by atoms with Crippen molar-refractivity contribution in [2.75, 3.05) is 33.3 Å². The summed E-state index contributed by atoms with van der Waals surface area (Å²) in [5, 5.41) is 0. The van der Waals surface area contributed by atoms with E-state index in [1.165, 1.54) is 17.7 Å². The van der Waals surface area contributed by atoms with Crippen molar-refractivity contribution in [1.82, 2.24) is 9.80 Å². The van der Waals surface area contributed by atoms with E-state index in [0.29, 0.717) is 23.8 Å². The highest BCUT2D eigenvalue weighted by molar-refractivity contribution is 6.21. The third kappa shape index (κ3) is 3.62. The van der Waals surface area contributed by atoms with E-state index in [0.717, 1.165) is 32.5 Å². The fraction of sp³-hybridized carbons (Fsp3) is 0.556.